The van der Waals surface area contributed by atoms with Gasteiger partial charge in [-0.3, -0.25) is 9.59 Å². The third kappa shape index (κ3) is 3.14. The lowest BCUT2D eigenvalue weighted by atomic mass is 9.73. The number of aliphatic hydroxyl groups excluding tert-OH is 1. The van der Waals surface area contributed by atoms with Gasteiger partial charge in [0.1, 0.15) is 6.54 Å². The molecule has 1 N–H and O–H groups in total. The molecule has 5 nitrogen and oxygen atoms in total. The summed E-state index contributed by atoms with van der Waals surface area (Å²) < 4.78 is 0. The third-order valence-electron chi connectivity index (χ3n) is 6.77. The first-order valence-electron chi connectivity index (χ1n) is 10.7. The molecule has 0 radical (unpaired) electrons. The molecule has 3 atom stereocenters. The van der Waals surface area contributed by atoms with Crippen molar-refractivity contribution in [2.24, 2.45) is 0 Å². The standard InChI is InChI=1S/C25H26N2O3/c28-16-22-24(19-12-10-18(11-13-19)17-6-4-5-7-17)21-14-26(15-23(29)27(21)22)25(30)20-8-2-1-3-9-20/h1-3,6,8-13,21-22,24,28H,4-5,7,14-16H2/t21-,22+,24-/m1/s1. The molecule has 0 saturated carbocycles. The molecule has 0 unspecified atom stereocenters. The van der Waals surface area contributed by atoms with Crippen LogP contribution in [0.3, 0.4) is 0 Å². The van der Waals surface area contributed by atoms with Crippen LogP contribution in [0.4, 0.5) is 0 Å². The Hall–Kier alpha value is -2.92. The summed E-state index contributed by atoms with van der Waals surface area (Å²) in [4.78, 5) is 29.1. The van der Waals surface area contributed by atoms with Gasteiger partial charge in [0.15, 0.2) is 0 Å². The highest BCUT2D eigenvalue weighted by molar-refractivity contribution is 5.97. The molecule has 2 aromatic carbocycles. The Morgan fingerprint density at radius 2 is 1.83 bits per heavy atom. The van der Waals surface area contributed by atoms with Crippen LogP contribution >= 0.6 is 0 Å². The van der Waals surface area contributed by atoms with E-state index in [-0.39, 0.29) is 43.0 Å². The molecule has 0 aromatic heterocycles. The smallest absolute Gasteiger partial charge is 0.254 e. The van der Waals surface area contributed by atoms with Crippen molar-refractivity contribution < 1.29 is 14.7 Å². The van der Waals surface area contributed by atoms with E-state index in [1.54, 1.807) is 21.9 Å². The second kappa shape index (κ2) is 7.73. The number of allylic oxidation sites excluding steroid dienone is 2. The Balaban J connectivity index is 1.38. The van der Waals surface area contributed by atoms with Gasteiger partial charge in [0.2, 0.25) is 5.91 Å². The summed E-state index contributed by atoms with van der Waals surface area (Å²) in [5.41, 5.74) is 4.39. The number of amides is 2. The SMILES string of the molecule is O=C(c1ccccc1)N1CC(=O)N2[C@H](C1)[C@@H](c1ccc(C3=CCCC3)cc1)[C@@H]2CO. The average molecular weight is 402 g/mol. The molecular formula is C25H26N2O3. The lowest BCUT2D eigenvalue weighted by molar-refractivity contribution is -0.159. The molecular weight excluding hydrogens is 376 g/mol. The molecule has 3 aliphatic rings. The highest BCUT2D eigenvalue weighted by Gasteiger charge is 2.54. The first-order valence-corrected chi connectivity index (χ1v) is 10.7. The van der Waals surface area contributed by atoms with Crippen molar-refractivity contribution in [3.8, 4) is 0 Å². The predicted molar refractivity (Wildman–Crippen MR) is 115 cm³/mol. The van der Waals surface area contributed by atoms with Crippen molar-refractivity contribution in [3.63, 3.8) is 0 Å². The summed E-state index contributed by atoms with van der Waals surface area (Å²) >= 11 is 0. The number of nitrogens with zero attached hydrogens (tertiary/aromatic N) is 2. The summed E-state index contributed by atoms with van der Waals surface area (Å²) in [6.45, 7) is 0.501. The molecule has 2 aromatic rings. The minimum absolute atomic E-state index is 0.0388. The van der Waals surface area contributed by atoms with Gasteiger partial charge < -0.3 is 14.9 Å². The highest BCUT2D eigenvalue weighted by Crippen LogP contribution is 2.43. The zero-order valence-electron chi connectivity index (χ0n) is 16.9. The number of hydrogen-bond donors (Lipinski definition) is 1. The number of hydrogen-bond acceptors (Lipinski definition) is 3. The largest absolute Gasteiger partial charge is 0.394 e. The van der Waals surface area contributed by atoms with Crippen LogP contribution in [0, 0.1) is 0 Å². The minimum Gasteiger partial charge on any atom is -0.394 e. The van der Waals surface area contributed by atoms with Crippen molar-refractivity contribution in [1.29, 1.82) is 0 Å². The summed E-state index contributed by atoms with van der Waals surface area (Å²) in [6, 6.07) is 17.4. The summed E-state index contributed by atoms with van der Waals surface area (Å²) in [6.07, 6.45) is 5.81. The fourth-order valence-corrected chi connectivity index (χ4v) is 5.27. The van der Waals surface area contributed by atoms with Crippen LogP contribution in [0.5, 0.6) is 0 Å². The molecule has 2 aliphatic heterocycles. The van der Waals surface area contributed by atoms with Gasteiger partial charge in [-0.15, -0.1) is 0 Å². The zero-order chi connectivity index (χ0) is 20.7. The molecule has 154 valence electrons. The quantitative estimate of drug-likeness (QED) is 0.855. The number of benzene rings is 2. The Kier molecular flexibility index (Phi) is 4.91. The summed E-state index contributed by atoms with van der Waals surface area (Å²) in [7, 11) is 0. The molecule has 5 heteroatoms. The van der Waals surface area contributed by atoms with E-state index in [1.165, 1.54) is 17.6 Å². The molecule has 0 spiro atoms. The Bertz CT molecular complexity index is 983. The van der Waals surface area contributed by atoms with Crippen molar-refractivity contribution in [3.05, 3.63) is 77.4 Å². The monoisotopic (exact) mass is 402 g/mol. The maximum absolute atomic E-state index is 12.9. The van der Waals surface area contributed by atoms with E-state index in [9.17, 15) is 14.7 Å². The molecule has 0 bridgehead atoms. The van der Waals surface area contributed by atoms with Crippen LogP contribution in [0.1, 0.15) is 46.7 Å². The van der Waals surface area contributed by atoms with Crippen LogP contribution in [-0.4, -0.2) is 58.5 Å². The number of rotatable bonds is 4. The van der Waals surface area contributed by atoms with Crippen molar-refractivity contribution >= 4 is 17.4 Å². The molecule has 30 heavy (non-hydrogen) atoms. The number of aliphatic hydroxyl groups is 1. The average Bonchev–Trinajstić information content (AvgIpc) is 3.30. The van der Waals surface area contributed by atoms with Gasteiger partial charge in [-0.25, -0.2) is 0 Å². The molecule has 2 heterocycles. The van der Waals surface area contributed by atoms with Gasteiger partial charge in [0.05, 0.1) is 18.7 Å². The maximum atomic E-state index is 12.9. The first kappa shape index (κ1) is 19.1. The molecule has 2 fully saturated rings. The van der Waals surface area contributed by atoms with Gasteiger partial charge in [0.25, 0.3) is 5.91 Å². The maximum Gasteiger partial charge on any atom is 0.254 e. The lowest BCUT2D eigenvalue weighted by Gasteiger charge is -2.58. The summed E-state index contributed by atoms with van der Waals surface area (Å²) in [5, 5.41) is 9.97. The number of carbonyl (C=O) groups is 2. The lowest BCUT2D eigenvalue weighted by Crippen LogP contribution is -2.73. The van der Waals surface area contributed by atoms with Gasteiger partial charge >= 0.3 is 0 Å². The second-order valence-electron chi connectivity index (χ2n) is 8.44. The summed E-state index contributed by atoms with van der Waals surface area (Å²) in [5.74, 6) is -0.159. The van der Waals surface area contributed by atoms with E-state index in [1.807, 2.05) is 18.2 Å². The Labute approximate surface area is 176 Å². The Morgan fingerprint density at radius 3 is 2.50 bits per heavy atom. The van der Waals surface area contributed by atoms with Gasteiger partial charge in [-0.1, -0.05) is 48.5 Å². The topological polar surface area (TPSA) is 60.9 Å². The van der Waals surface area contributed by atoms with Gasteiger partial charge in [-0.05, 0) is 48.1 Å². The van der Waals surface area contributed by atoms with E-state index >= 15 is 0 Å². The van der Waals surface area contributed by atoms with Crippen LogP contribution in [0.15, 0.2) is 60.7 Å². The van der Waals surface area contributed by atoms with Crippen molar-refractivity contribution in [1.82, 2.24) is 9.80 Å². The second-order valence-corrected chi connectivity index (χ2v) is 8.44. The number of carbonyl (C=O) groups excluding carboxylic acids is 2. The van der Waals surface area contributed by atoms with Crippen LogP contribution < -0.4 is 0 Å². The number of fused-ring (bicyclic) bond motifs is 1. The van der Waals surface area contributed by atoms with E-state index in [4.69, 9.17) is 0 Å². The van der Waals surface area contributed by atoms with Crippen molar-refractivity contribution in [2.75, 3.05) is 19.7 Å². The molecule has 2 saturated heterocycles. The first-order chi connectivity index (χ1) is 14.7. The predicted octanol–water partition coefficient (Wildman–Crippen LogP) is 3.07. The van der Waals surface area contributed by atoms with Crippen LogP contribution in [-0.2, 0) is 4.79 Å². The zero-order valence-corrected chi connectivity index (χ0v) is 16.9. The fraction of sp³-hybridized carbons (Fsp3) is 0.360. The fourth-order valence-electron chi connectivity index (χ4n) is 5.27. The van der Waals surface area contributed by atoms with E-state index in [2.05, 4.69) is 30.3 Å². The third-order valence-corrected chi connectivity index (χ3v) is 6.77. The van der Waals surface area contributed by atoms with Gasteiger partial charge in [-0.2, -0.15) is 0 Å². The Morgan fingerprint density at radius 1 is 1.07 bits per heavy atom. The van der Waals surface area contributed by atoms with Gasteiger partial charge in [0, 0.05) is 18.0 Å². The van der Waals surface area contributed by atoms with Crippen LogP contribution in [0.2, 0.25) is 0 Å². The molecule has 2 amide bonds. The van der Waals surface area contributed by atoms with E-state index in [0.717, 1.165) is 18.4 Å². The normalized spacial score (nSPS) is 25.6. The van der Waals surface area contributed by atoms with E-state index in [0.29, 0.717) is 12.1 Å². The number of piperazine rings is 1. The van der Waals surface area contributed by atoms with Crippen molar-refractivity contribution in [2.45, 2.75) is 37.3 Å². The minimum atomic E-state index is -0.215. The molecule has 5 rings (SSSR count). The molecule has 1 aliphatic carbocycles. The highest BCUT2D eigenvalue weighted by atomic mass is 16.3. The van der Waals surface area contributed by atoms with Crippen LogP contribution in [0.25, 0.3) is 5.57 Å². The van der Waals surface area contributed by atoms with E-state index < -0.39 is 0 Å².